The van der Waals surface area contributed by atoms with Crippen LogP contribution in [0.3, 0.4) is 0 Å². The molecule has 0 fully saturated rings. The smallest absolute Gasteiger partial charge is 0.433 e. The lowest BCUT2D eigenvalue weighted by Crippen LogP contribution is -2.28. The van der Waals surface area contributed by atoms with Crippen molar-refractivity contribution in [2.75, 3.05) is 6.54 Å². The van der Waals surface area contributed by atoms with Gasteiger partial charge in [-0.15, -0.1) is 4.91 Å². The standard InChI is InChI=1S/C22H25Br3N2O3/c1-7-27(26-29)21(28)30-20(19-16(24)10-15(23)11-17(19)25)18-12(2)8-14(9-13(18)3)22(4,5)6/h8-11,20H,7H2,1-6H3. The van der Waals surface area contributed by atoms with Crippen LogP contribution in [0.25, 0.3) is 0 Å². The zero-order valence-electron chi connectivity index (χ0n) is 17.8. The van der Waals surface area contributed by atoms with Crippen LogP contribution in [0.1, 0.15) is 61.6 Å². The van der Waals surface area contributed by atoms with Crippen molar-refractivity contribution in [3.63, 3.8) is 0 Å². The van der Waals surface area contributed by atoms with Crippen LogP contribution >= 0.6 is 47.8 Å². The minimum absolute atomic E-state index is 0.0144. The molecule has 1 amide bonds. The summed E-state index contributed by atoms with van der Waals surface area (Å²) in [7, 11) is 0. The first-order chi connectivity index (χ1) is 13.9. The van der Waals surface area contributed by atoms with Crippen LogP contribution in [-0.2, 0) is 10.2 Å². The number of halogens is 3. The summed E-state index contributed by atoms with van der Waals surface area (Å²) in [5, 5.41) is 3.54. The highest BCUT2D eigenvalue weighted by atomic mass is 79.9. The van der Waals surface area contributed by atoms with E-state index < -0.39 is 12.2 Å². The summed E-state index contributed by atoms with van der Waals surface area (Å²) in [6.45, 7) is 12.3. The summed E-state index contributed by atoms with van der Waals surface area (Å²) in [5.74, 6) is 0. The fourth-order valence-electron chi connectivity index (χ4n) is 3.27. The zero-order valence-corrected chi connectivity index (χ0v) is 22.6. The molecule has 0 aliphatic rings. The van der Waals surface area contributed by atoms with Crippen LogP contribution in [-0.4, -0.2) is 17.6 Å². The number of ether oxygens (including phenoxy) is 1. The van der Waals surface area contributed by atoms with Gasteiger partial charge in [0.25, 0.3) is 0 Å². The molecule has 0 aliphatic heterocycles. The largest absolute Gasteiger partial charge is 0.435 e. The van der Waals surface area contributed by atoms with E-state index in [1.807, 2.05) is 26.0 Å². The number of carbonyl (C=O) groups excluding carboxylic acids is 1. The van der Waals surface area contributed by atoms with Crippen molar-refractivity contribution < 1.29 is 9.53 Å². The van der Waals surface area contributed by atoms with Gasteiger partial charge in [0.1, 0.15) is 0 Å². The number of rotatable bonds is 5. The number of hydrogen-bond acceptors (Lipinski definition) is 4. The molecule has 2 rings (SSSR count). The van der Waals surface area contributed by atoms with Crippen LogP contribution in [0, 0.1) is 18.8 Å². The molecule has 0 aromatic heterocycles. The Balaban J connectivity index is 2.72. The summed E-state index contributed by atoms with van der Waals surface area (Å²) >= 11 is 10.7. The molecule has 0 N–H and O–H groups in total. The molecule has 2 aromatic carbocycles. The van der Waals surface area contributed by atoms with E-state index in [4.69, 9.17) is 4.74 Å². The molecular formula is C22H25Br3N2O3. The van der Waals surface area contributed by atoms with Crippen molar-refractivity contribution in [2.24, 2.45) is 5.29 Å². The molecule has 0 bridgehead atoms. The van der Waals surface area contributed by atoms with Gasteiger partial charge in [-0.2, -0.15) is 5.01 Å². The Kier molecular flexibility index (Phi) is 8.27. The van der Waals surface area contributed by atoms with Crippen LogP contribution in [0.15, 0.2) is 43.0 Å². The topological polar surface area (TPSA) is 59.0 Å². The maximum Gasteiger partial charge on any atom is 0.433 e. The molecule has 2 aromatic rings. The van der Waals surface area contributed by atoms with E-state index in [9.17, 15) is 9.70 Å². The summed E-state index contributed by atoms with van der Waals surface area (Å²) in [4.78, 5) is 23.7. The van der Waals surface area contributed by atoms with E-state index in [1.165, 1.54) is 5.56 Å². The Labute approximate surface area is 202 Å². The van der Waals surface area contributed by atoms with E-state index in [-0.39, 0.29) is 12.0 Å². The van der Waals surface area contributed by atoms with E-state index in [2.05, 4.69) is 86.0 Å². The molecule has 0 aliphatic carbocycles. The Morgan fingerprint density at radius 1 is 1.03 bits per heavy atom. The first kappa shape index (κ1) is 25.0. The van der Waals surface area contributed by atoms with Crippen molar-refractivity contribution >= 4 is 53.9 Å². The van der Waals surface area contributed by atoms with Gasteiger partial charge in [-0.3, -0.25) is 0 Å². The highest BCUT2D eigenvalue weighted by Gasteiger charge is 2.30. The molecule has 0 saturated heterocycles. The SMILES string of the molecule is CCN(N=O)C(=O)OC(c1c(C)cc(C(C)(C)C)cc1C)c1c(Br)cc(Br)cc1Br. The molecule has 30 heavy (non-hydrogen) atoms. The maximum absolute atomic E-state index is 12.7. The number of nitroso groups, excluding NO2 is 1. The highest BCUT2D eigenvalue weighted by molar-refractivity contribution is 9.11. The van der Waals surface area contributed by atoms with Gasteiger partial charge >= 0.3 is 6.09 Å². The predicted octanol–water partition coefficient (Wildman–Crippen LogP) is 8.12. The van der Waals surface area contributed by atoms with Gasteiger partial charge in [0.2, 0.25) is 0 Å². The average molecular weight is 605 g/mol. The number of hydrogen-bond donors (Lipinski definition) is 0. The molecule has 1 unspecified atom stereocenters. The molecule has 8 heteroatoms. The van der Waals surface area contributed by atoms with E-state index in [1.54, 1.807) is 6.92 Å². The lowest BCUT2D eigenvalue weighted by Gasteiger charge is -2.28. The fraction of sp³-hybridized carbons (Fsp3) is 0.409. The Bertz CT molecular complexity index is 925. The van der Waals surface area contributed by atoms with Crippen LogP contribution in [0.2, 0.25) is 0 Å². The van der Waals surface area contributed by atoms with E-state index in [0.717, 1.165) is 40.7 Å². The van der Waals surface area contributed by atoms with Gasteiger partial charge in [-0.05, 0) is 55.0 Å². The molecule has 0 spiro atoms. The van der Waals surface area contributed by atoms with E-state index >= 15 is 0 Å². The van der Waals surface area contributed by atoms with Crippen molar-refractivity contribution in [2.45, 2.75) is 53.1 Å². The van der Waals surface area contributed by atoms with Crippen LogP contribution < -0.4 is 0 Å². The Morgan fingerprint density at radius 2 is 1.53 bits per heavy atom. The van der Waals surface area contributed by atoms with Gasteiger partial charge in [0, 0.05) is 31.1 Å². The minimum Gasteiger partial charge on any atom is -0.435 e. The monoisotopic (exact) mass is 602 g/mol. The molecule has 0 radical (unpaired) electrons. The van der Waals surface area contributed by atoms with E-state index in [0.29, 0.717) is 0 Å². The average Bonchev–Trinajstić information content (AvgIpc) is 2.60. The van der Waals surface area contributed by atoms with Gasteiger partial charge in [0.05, 0.1) is 5.29 Å². The van der Waals surface area contributed by atoms with Crippen LogP contribution in [0.4, 0.5) is 4.79 Å². The second-order valence-electron chi connectivity index (χ2n) is 8.12. The molecule has 0 heterocycles. The van der Waals surface area contributed by atoms with Gasteiger partial charge in [-0.25, -0.2) is 4.79 Å². The zero-order chi connectivity index (χ0) is 22.8. The first-order valence-corrected chi connectivity index (χ1v) is 11.9. The molecule has 162 valence electrons. The van der Waals surface area contributed by atoms with Crippen molar-refractivity contribution in [1.29, 1.82) is 0 Å². The lowest BCUT2D eigenvalue weighted by atomic mass is 9.82. The van der Waals surface area contributed by atoms with Gasteiger partial charge in [-0.1, -0.05) is 80.7 Å². The second-order valence-corrected chi connectivity index (χ2v) is 10.7. The Morgan fingerprint density at radius 3 is 1.93 bits per heavy atom. The number of benzene rings is 2. The lowest BCUT2D eigenvalue weighted by molar-refractivity contribution is 0.0783. The third kappa shape index (κ3) is 5.51. The number of nitrogens with zero attached hydrogens (tertiary/aromatic N) is 2. The Hall–Kier alpha value is -1.25. The summed E-state index contributed by atoms with van der Waals surface area (Å²) in [6, 6.07) is 8.04. The molecule has 0 saturated carbocycles. The third-order valence-corrected chi connectivity index (χ3v) is 6.63. The maximum atomic E-state index is 12.7. The van der Waals surface area contributed by atoms with Crippen molar-refractivity contribution in [1.82, 2.24) is 5.01 Å². The number of aryl methyl sites for hydroxylation is 2. The first-order valence-electron chi connectivity index (χ1n) is 9.48. The van der Waals surface area contributed by atoms with Crippen molar-refractivity contribution in [3.05, 3.63) is 70.4 Å². The summed E-state index contributed by atoms with van der Waals surface area (Å²) in [5.41, 5.74) is 4.82. The molecule has 5 nitrogen and oxygen atoms in total. The quantitative estimate of drug-likeness (QED) is 0.256. The third-order valence-electron chi connectivity index (χ3n) is 4.86. The highest BCUT2D eigenvalue weighted by Crippen LogP contribution is 2.42. The molecule has 1 atom stereocenters. The minimum atomic E-state index is -0.794. The second kappa shape index (κ2) is 9.92. The van der Waals surface area contributed by atoms with Crippen LogP contribution in [0.5, 0.6) is 0 Å². The van der Waals surface area contributed by atoms with Gasteiger partial charge < -0.3 is 4.74 Å². The van der Waals surface area contributed by atoms with Gasteiger partial charge in [0.15, 0.2) is 6.10 Å². The van der Waals surface area contributed by atoms with Crippen molar-refractivity contribution in [3.8, 4) is 0 Å². The number of amides is 1. The molecular weight excluding hydrogens is 580 g/mol. The normalized spacial score (nSPS) is 12.4. The summed E-state index contributed by atoms with van der Waals surface area (Å²) < 4.78 is 8.28. The predicted molar refractivity (Wildman–Crippen MR) is 131 cm³/mol. The number of carbonyl (C=O) groups is 1. The fourth-order valence-corrected chi connectivity index (χ4v) is 5.94. The summed E-state index contributed by atoms with van der Waals surface area (Å²) in [6.07, 6.45) is -1.53.